The molecule has 0 fully saturated rings. The van der Waals surface area contributed by atoms with Gasteiger partial charge in [0.2, 0.25) is 0 Å². The van der Waals surface area contributed by atoms with Crippen LogP contribution in [0.25, 0.3) is 0 Å². The minimum atomic E-state index is 0.231. The lowest BCUT2D eigenvalue weighted by Gasteiger charge is -2.18. The number of aryl methyl sites for hydroxylation is 1. The molecule has 1 atom stereocenters. The van der Waals surface area contributed by atoms with Crippen LogP contribution in [-0.4, -0.2) is 6.54 Å². The van der Waals surface area contributed by atoms with Gasteiger partial charge in [0.1, 0.15) is 5.76 Å². The molecular weight excluding hydrogens is 210 g/mol. The third-order valence-corrected chi connectivity index (χ3v) is 2.95. The first-order valence-corrected chi connectivity index (χ1v) is 6.21. The average molecular weight is 229 g/mol. The van der Waals surface area contributed by atoms with E-state index in [1.807, 2.05) is 6.07 Å². The van der Waals surface area contributed by atoms with Crippen molar-refractivity contribution in [3.63, 3.8) is 0 Å². The summed E-state index contributed by atoms with van der Waals surface area (Å²) < 4.78 is 5.52. The van der Waals surface area contributed by atoms with Gasteiger partial charge in [-0.1, -0.05) is 44.2 Å². The van der Waals surface area contributed by atoms with E-state index < -0.39 is 0 Å². The summed E-state index contributed by atoms with van der Waals surface area (Å²) in [5.74, 6) is 1.07. The highest BCUT2D eigenvalue weighted by Crippen LogP contribution is 2.26. The SMILES string of the molecule is CCNC(c1ccccc1)c1ccoc1CC. The van der Waals surface area contributed by atoms with Crippen molar-refractivity contribution < 1.29 is 4.42 Å². The summed E-state index contributed by atoms with van der Waals surface area (Å²) in [5, 5.41) is 3.52. The summed E-state index contributed by atoms with van der Waals surface area (Å²) in [6, 6.07) is 12.8. The van der Waals surface area contributed by atoms with E-state index in [0.29, 0.717) is 0 Å². The number of nitrogens with one attached hydrogen (secondary N) is 1. The zero-order valence-electron chi connectivity index (χ0n) is 10.4. The number of hydrogen-bond acceptors (Lipinski definition) is 2. The van der Waals surface area contributed by atoms with Crippen molar-refractivity contribution in [3.8, 4) is 0 Å². The third kappa shape index (κ3) is 2.59. The van der Waals surface area contributed by atoms with E-state index in [1.165, 1.54) is 11.1 Å². The predicted molar refractivity (Wildman–Crippen MR) is 70.0 cm³/mol. The maximum atomic E-state index is 5.52. The number of furan rings is 1. The Morgan fingerprint density at radius 1 is 1.12 bits per heavy atom. The molecule has 0 saturated carbocycles. The van der Waals surface area contributed by atoms with Gasteiger partial charge in [-0.2, -0.15) is 0 Å². The van der Waals surface area contributed by atoms with Gasteiger partial charge < -0.3 is 9.73 Å². The molecule has 1 unspecified atom stereocenters. The standard InChI is InChI=1S/C15H19NO/c1-3-14-13(10-11-17-14)15(16-4-2)12-8-6-5-7-9-12/h5-11,15-16H,3-4H2,1-2H3. The van der Waals surface area contributed by atoms with Crippen molar-refractivity contribution >= 4 is 0 Å². The van der Waals surface area contributed by atoms with Crippen LogP contribution in [-0.2, 0) is 6.42 Å². The van der Waals surface area contributed by atoms with Crippen LogP contribution < -0.4 is 5.32 Å². The van der Waals surface area contributed by atoms with E-state index >= 15 is 0 Å². The van der Waals surface area contributed by atoms with E-state index in [2.05, 4.69) is 49.5 Å². The van der Waals surface area contributed by atoms with Crippen LogP contribution in [0.4, 0.5) is 0 Å². The summed E-state index contributed by atoms with van der Waals surface area (Å²) in [5.41, 5.74) is 2.53. The highest BCUT2D eigenvalue weighted by atomic mass is 16.3. The summed E-state index contributed by atoms with van der Waals surface area (Å²) in [4.78, 5) is 0. The van der Waals surface area contributed by atoms with E-state index in [-0.39, 0.29) is 6.04 Å². The Hall–Kier alpha value is -1.54. The Morgan fingerprint density at radius 3 is 2.53 bits per heavy atom. The van der Waals surface area contributed by atoms with E-state index in [1.54, 1.807) is 6.26 Å². The first-order valence-electron chi connectivity index (χ1n) is 6.21. The Morgan fingerprint density at radius 2 is 1.88 bits per heavy atom. The molecule has 2 aromatic rings. The lowest BCUT2D eigenvalue weighted by Crippen LogP contribution is -2.22. The molecule has 90 valence electrons. The van der Waals surface area contributed by atoms with Crippen LogP contribution in [0.2, 0.25) is 0 Å². The van der Waals surface area contributed by atoms with Crippen molar-refractivity contribution in [3.05, 3.63) is 59.5 Å². The van der Waals surface area contributed by atoms with Gasteiger partial charge in [0.05, 0.1) is 12.3 Å². The smallest absolute Gasteiger partial charge is 0.108 e. The molecule has 1 aromatic heterocycles. The predicted octanol–water partition coefficient (Wildman–Crippen LogP) is 3.54. The summed E-state index contributed by atoms with van der Waals surface area (Å²) in [6.07, 6.45) is 2.71. The van der Waals surface area contributed by atoms with Gasteiger partial charge in [-0.25, -0.2) is 0 Å². The van der Waals surface area contributed by atoms with Crippen LogP contribution in [0.5, 0.6) is 0 Å². The Bertz CT molecular complexity index is 447. The van der Waals surface area contributed by atoms with Crippen LogP contribution in [0.3, 0.4) is 0 Å². The molecule has 2 heteroatoms. The minimum Gasteiger partial charge on any atom is -0.469 e. The van der Waals surface area contributed by atoms with Crippen molar-refractivity contribution in [2.24, 2.45) is 0 Å². The number of benzene rings is 1. The van der Waals surface area contributed by atoms with Crippen molar-refractivity contribution in [1.29, 1.82) is 0 Å². The molecule has 2 rings (SSSR count). The van der Waals surface area contributed by atoms with Gasteiger partial charge in [0.15, 0.2) is 0 Å². The molecule has 0 bridgehead atoms. The molecule has 0 aliphatic heterocycles. The first-order chi connectivity index (χ1) is 8.36. The highest BCUT2D eigenvalue weighted by molar-refractivity contribution is 5.33. The van der Waals surface area contributed by atoms with Crippen molar-refractivity contribution in [2.75, 3.05) is 6.54 Å². The Balaban J connectivity index is 2.36. The fraction of sp³-hybridized carbons (Fsp3) is 0.333. The quantitative estimate of drug-likeness (QED) is 0.848. The average Bonchev–Trinajstić information content (AvgIpc) is 2.85. The number of hydrogen-bond donors (Lipinski definition) is 1. The van der Waals surface area contributed by atoms with Crippen LogP contribution in [0.1, 0.15) is 36.8 Å². The topological polar surface area (TPSA) is 25.2 Å². The summed E-state index contributed by atoms with van der Waals surface area (Å²) in [6.45, 7) is 5.19. The fourth-order valence-electron chi connectivity index (χ4n) is 2.15. The molecule has 1 N–H and O–H groups in total. The van der Waals surface area contributed by atoms with Crippen LogP contribution in [0, 0.1) is 0 Å². The maximum Gasteiger partial charge on any atom is 0.108 e. The molecule has 0 spiro atoms. The molecule has 2 nitrogen and oxygen atoms in total. The van der Waals surface area contributed by atoms with Gasteiger partial charge in [-0.3, -0.25) is 0 Å². The number of rotatable bonds is 5. The second kappa shape index (κ2) is 5.69. The molecule has 0 saturated heterocycles. The second-order valence-electron chi connectivity index (χ2n) is 4.05. The lowest BCUT2D eigenvalue weighted by molar-refractivity contribution is 0.502. The van der Waals surface area contributed by atoms with Gasteiger partial charge in [-0.05, 0) is 18.2 Å². The molecule has 0 aliphatic carbocycles. The molecule has 0 aliphatic rings. The summed E-state index contributed by atoms with van der Waals surface area (Å²) in [7, 11) is 0. The van der Waals surface area contributed by atoms with Gasteiger partial charge in [-0.15, -0.1) is 0 Å². The van der Waals surface area contributed by atoms with Gasteiger partial charge in [0, 0.05) is 12.0 Å². The van der Waals surface area contributed by atoms with Crippen LogP contribution >= 0.6 is 0 Å². The Labute approximate surface area is 103 Å². The van der Waals surface area contributed by atoms with Gasteiger partial charge >= 0.3 is 0 Å². The van der Waals surface area contributed by atoms with Crippen molar-refractivity contribution in [2.45, 2.75) is 26.3 Å². The van der Waals surface area contributed by atoms with E-state index in [0.717, 1.165) is 18.7 Å². The zero-order valence-corrected chi connectivity index (χ0v) is 10.4. The monoisotopic (exact) mass is 229 g/mol. The Kier molecular flexibility index (Phi) is 3.99. The second-order valence-corrected chi connectivity index (χ2v) is 4.05. The first kappa shape index (κ1) is 11.9. The lowest BCUT2D eigenvalue weighted by atomic mass is 9.98. The van der Waals surface area contributed by atoms with Gasteiger partial charge in [0.25, 0.3) is 0 Å². The largest absolute Gasteiger partial charge is 0.469 e. The van der Waals surface area contributed by atoms with E-state index in [4.69, 9.17) is 4.42 Å². The fourth-order valence-corrected chi connectivity index (χ4v) is 2.15. The van der Waals surface area contributed by atoms with Crippen molar-refractivity contribution in [1.82, 2.24) is 5.32 Å². The minimum absolute atomic E-state index is 0.231. The van der Waals surface area contributed by atoms with Crippen LogP contribution in [0.15, 0.2) is 47.1 Å². The maximum absolute atomic E-state index is 5.52. The zero-order chi connectivity index (χ0) is 12.1. The normalized spacial score (nSPS) is 12.6. The molecular formula is C15H19NO. The van der Waals surface area contributed by atoms with E-state index in [9.17, 15) is 0 Å². The molecule has 17 heavy (non-hydrogen) atoms. The molecule has 0 radical (unpaired) electrons. The third-order valence-electron chi connectivity index (χ3n) is 2.95. The molecule has 1 aromatic carbocycles. The molecule has 0 amide bonds. The molecule has 1 heterocycles. The highest BCUT2D eigenvalue weighted by Gasteiger charge is 2.17. The summed E-state index contributed by atoms with van der Waals surface area (Å²) >= 11 is 0.